The molecule has 3 heterocycles. The number of benzene rings is 1. The Morgan fingerprint density at radius 2 is 1.91 bits per heavy atom. The average molecular weight is 479 g/mol. The van der Waals surface area contributed by atoms with Crippen molar-refractivity contribution >= 4 is 17.5 Å². The Hall–Kier alpha value is -2.97. The van der Waals surface area contributed by atoms with Crippen molar-refractivity contribution in [3.8, 4) is 0 Å². The number of aryl methyl sites for hydroxylation is 2. The largest absolute Gasteiger partial charge is 0.467 e. The van der Waals surface area contributed by atoms with Crippen molar-refractivity contribution in [2.45, 2.75) is 39.2 Å². The number of morpholine rings is 1. The number of nitrogens with zero attached hydrogens (tertiary/aromatic N) is 4. The highest BCUT2D eigenvalue weighted by Crippen LogP contribution is 2.34. The molecule has 8 heteroatoms. The lowest BCUT2D eigenvalue weighted by Gasteiger charge is -2.31. The Morgan fingerprint density at radius 3 is 2.60 bits per heavy atom. The van der Waals surface area contributed by atoms with Crippen LogP contribution >= 0.6 is 0 Å². The molecule has 1 saturated carbocycles. The van der Waals surface area contributed by atoms with E-state index < -0.39 is 0 Å². The molecule has 2 aliphatic heterocycles. The third kappa shape index (κ3) is 5.49. The van der Waals surface area contributed by atoms with E-state index in [0.29, 0.717) is 31.9 Å². The first-order chi connectivity index (χ1) is 17.0. The fraction of sp³-hybridized carbons (Fsp3) is 0.519. The highest BCUT2D eigenvalue weighted by molar-refractivity contribution is 6.03. The molecule has 1 aromatic heterocycles. The molecule has 8 nitrogen and oxygen atoms in total. The average Bonchev–Trinajstić information content (AvgIpc) is 3.38. The summed E-state index contributed by atoms with van der Waals surface area (Å²) in [5.74, 6) is 0.663. The molecule has 0 spiro atoms. The third-order valence-corrected chi connectivity index (χ3v) is 7.23. The van der Waals surface area contributed by atoms with E-state index in [4.69, 9.17) is 14.3 Å². The van der Waals surface area contributed by atoms with Crippen molar-refractivity contribution in [3.63, 3.8) is 0 Å². The second kappa shape index (κ2) is 10.3. The molecule has 0 bridgehead atoms. The van der Waals surface area contributed by atoms with Gasteiger partial charge in [0.1, 0.15) is 18.3 Å². The van der Waals surface area contributed by atoms with Crippen molar-refractivity contribution in [2.75, 3.05) is 45.9 Å². The van der Waals surface area contributed by atoms with Gasteiger partial charge in [-0.1, -0.05) is 12.1 Å². The van der Waals surface area contributed by atoms with Gasteiger partial charge in [-0.3, -0.25) is 14.5 Å². The zero-order valence-electron chi connectivity index (χ0n) is 20.6. The molecule has 1 atom stereocenters. The van der Waals surface area contributed by atoms with Gasteiger partial charge in [0.15, 0.2) is 0 Å². The second-order valence-corrected chi connectivity index (χ2v) is 9.81. The first-order valence-electron chi connectivity index (χ1n) is 12.6. The maximum Gasteiger partial charge on any atom is 0.262 e. The molecule has 3 aliphatic rings. The van der Waals surface area contributed by atoms with Crippen LogP contribution in [0.15, 0.2) is 46.1 Å². The lowest BCUT2D eigenvalue weighted by Crippen LogP contribution is -2.47. The smallest absolute Gasteiger partial charge is 0.262 e. The summed E-state index contributed by atoms with van der Waals surface area (Å²) in [6.07, 6.45) is 4.02. The zero-order valence-corrected chi connectivity index (χ0v) is 20.6. The fourth-order valence-corrected chi connectivity index (χ4v) is 4.72. The first kappa shape index (κ1) is 23.8. The Bertz CT molecular complexity index is 1090. The van der Waals surface area contributed by atoms with E-state index in [1.165, 1.54) is 16.1 Å². The molecule has 0 N–H and O–H groups in total. The van der Waals surface area contributed by atoms with Crippen LogP contribution in [0.25, 0.3) is 0 Å². The van der Waals surface area contributed by atoms with Gasteiger partial charge in [-0.05, 0) is 61.6 Å². The molecule has 35 heavy (non-hydrogen) atoms. The van der Waals surface area contributed by atoms with Crippen LogP contribution in [0.4, 0.5) is 0 Å². The van der Waals surface area contributed by atoms with Crippen LogP contribution in [0, 0.1) is 19.8 Å². The summed E-state index contributed by atoms with van der Waals surface area (Å²) in [5.41, 5.74) is 4.28. The molecule has 1 saturated heterocycles. The summed E-state index contributed by atoms with van der Waals surface area (Å²) in [5, 5.41) is 6.30. The van der Waals surface area contributed by atoms with E-state index in [1.54, 1.807) is 11.2 Å². The van der Waals surface area contributed by atoms with E-state index in [2.05, 4.69) is 36.9 Å². The van der Waals surface area contributed by atoms with Crippen LogP contribution in [0.3, 0.4) is 0 Å². The van der Waals surface area contributed by atoms with Crippen LogP contribution < -0.4 is 0 Å². The van der Waals surface area contributed by atoms with Crippen molar-refractivity contribution in [1.29, 1.82) is 0 Å². The number of carbonyl (C=O) groups is 2. The molecule has 0 unspecified atom stereocenters. The molecule has 2 aromatic rings. The van der Waals surface area contributed by atoms with Gasteiger partial charge >= 0.3 is 0 Å². The van der Waals surface area contributed by atoms with E-state index in [0.717, 1.165) is 43.8 Å². The van der Waals surface area contributed by atoms with Crippen molar-refractivity contribution in [2.24, 2.45) is 11.0 Å². The summed E-state index contributed by atoms with van der Waals surface area (Å²) in [7, 11) is 0. The van der Waals surface area contributed by atoms with Gasteiger partial charge in [0.2, 0.25) is 5.91 Å². The number of hydrogen-bond acceptors (Lipinski definition) is 6. The number of hydrazone groups is 1. The molecule has 0 radical (unpaired) electrons. The maximum atomic E-state index is 13.6. The van der Waals surface area contributed by atoms with E-state index in [-0.39, 0.29) is 30.3 Å². The quantitative estimate of drug-likeness (QED) is 0.583. The van der Waals surface area contributed by atoms with Crippen molar-refractivity contribution < 1.29 is 18.7 Å². The summed E-state index contributed by atoms with van der Waals surface area (Å²) >= 11 is 0. The lowest BCUT2D eigenvalue weighted by atomic mass is 9.99. The summed E-state index contributed by atoms with van der Waals surface area (Å²) in [6, 6.07) is 9.66. The molecule has 186 valence electrons. The first-order valence-corrected chi connectivity index (χ1v) is 12.6. The molecule has 2 amide bonds. The number of rotatable bonds is 8. The minimum absolute atomic E-state index is 0.0284. The SMILES string of the molecule is Cc1ccc(C2=NN(C(=O)CN(CCN3CCOCC3)C(=O)C3CC3)[C@@H](c3ccco3)C2)cc1C. The van der Waals surface area contributed by atoms with Crippen LogP contribution in [-0.2, 0) is 14.3 Å². The predicted molar refractivity (Wildman–Crippen MR) is 132 cm³/mol. The van der Waals surface area contributed by atoms with Gasteiger partial charge in [-0.25, -0.2) is 5.01 Å². The Morgan fingerprint density at radius 1 is 1.11 bits per heavy atom. The summed E-state index contributed by atoms with van der Waals surface area (Å²) in [4.78, 5) is 30.7. The van der Waals surface area contributed by atoms with E-state index in [1.807, 2.05) is 12.1 Å². The minimum Gasteiger partial charge on any atom is -0.467 e. The second-order valence-electron chi connectivity index (χ2n) is 9.81. The number of ether oxygens (including phenoxy) is 1. The van der Waals surface area contributed by atoms with Crippen molar-refractivity contribution in [1.82, 2.24) is 14.8 Å². The van der Waals surface area contributed by atoms with Crippen LogP contribution in [0.2, 0.25) is 0 Å². The normalized spacial score (nSPS) is 20.7. The van der Waals surface area contributed by atoms with E-state index in [9.17, 15) is 9.59 Å². The number of furan rings is 1. The van der Waals surface area contributed by atoms with Gasteiger partial charge in [0.05, 0.1) is 25.2 Å². The van der Waals surface area contributed by atoms with Gasteiger partial charge in [-0.2, -0.15) is 5.10 Å². The van der Waals surface area contributed by atoms with Gasteiger partial charge in [-0.15, -0.1) is 0 Å². The maximum absolute atomic E-state index is 13.6. The van der Waals surface area contributed by atoms with Gasteiger partial charge in [0.25, 0.3) is 5.91 Å². The van der Waals surface area contributed by atoms with Crippen molar-refractivity contribution in [3.05, 3.63) is 59.0 Å². The molecule has 1 aliphatic carbocycles. The Labute approximate surface area is 206 Å². The minimum atomic E-state index is -0.314. The Balaban J connectivity index is 1.34. The monoisotopic (exact) mass is 478 g/mol. The third-order valence-electron chi connectivity index (χ3n) is 7.23. The highest BCUT2D eigenvalue weighted by atomic mass is 16.5. The predicted octanol–water partition coefficient (Wildman–Crippen LogP) is 3.14. The molecule has 2 fully saturated rings. The van der Waals surface area contributed by atoms with Crippen LogP contribution in [0.1, 0.15) is 47.8 Å². The number of amides is 2. The molecular formula is C27H34N4O4. The number of carbonyl (C=O) groups excluding carboxylic acids is 2. The standard InChI is InChI=1S/C27H34N4O4/c1-19-5-6-22(16-20(19)2)23-17-24(25-4-3-13-35-25)31(28-23)26(32)18-30(27(33)21-7-8-21)10-9-29-11-14-34-15-12-29/h3-6,13,16,21,24H,7-12,14-15,17-18H2,1-2H3/t24-/m1/s1. The Kier molecular flexibility index (Phi) is 7.02. The van der Waals surface area contributed by atoms with Crippen LogP contribution in [0.5, 0.6) is 0 Å². The van der Waals surface area contributed by atoms with Gasteiger partial charge in [0, 0.05) is 38.5 Å². The molecular weight excluding hydrogens is 444 g/mol. The molecule has 5 rings (SSSR count). The topological polar surface area (TPSA) is 78.6 Å². The summed E-state index contributed by atoms with van der Waals surface area (Å²) in [6.45, 7) is 8.61. The zero-order chi connectivity index (χ0) is 24.4. The fourth-order valence-electron chi connectivity index (χ4n) is 4.72. The summed E-state index contributed by atoms with van der Waals surface area (Å²) < 4.78 is 11.1. The number of hydrogen-bond donors (Lipinski definition) is 0. The molecule has 1 aromatic carbocycles. The van der Waals surface area contributed by atoms with Gasteiger partial charge < -0.3 is 14.1 Å². The lowest BCUT2D eigenvalue weighted by molar-refractivity contribution is -0.142. The van der Waals surface area contributed by atoms with E-state index >= 15 is 0 Å². The highest BCUT2D eigenvalue weighted by Gasteiger charge is 2.38. The van der Waals surface area contributed by atoms with Crippen LogP contribution in [-0.4, -0.2) is 78.3 Å².